The molecule has 12 heteroatoms. The van der Waals surface area contributed by atoms with Gasteiger partial charge in [-0.1, -0.05) is 0 Å². The van der Waals surface area contributed by atoms with Crippen LogP contribution in [0.2, 0.25) is 0 Å². The minimum Gasteiger partial charge on any atom is -0.481 e. The molecule has 1 amide bonds. The lowest BCUT2D eigenvalue weighted by atomic mass is 9.86. The third-order valence-electron chi connectivity index (χ3n) is 7.14. The molecule has 5 heterocycles. The third kappa shape index (κ3) is 4.74. The second-order valence-electron chi connectivity index (χ2n) is 9.54. The van der Waals surface area contributed by atoms with Crippen LogP contribution in [-0.4, -0.2) is 51.5 Å². The molecule has 3 aromatic rings. The number of anilines is 1. The number of rotatable bonds is 4. The fourth-order valence-corrected chi connectivity index (χ4v) is 5.88. The van der Waals surface area contributed by atoms with Gasteiger partial charge in [-0.15, -0.1) is 11.3 Å². The van der Waals surface area contributed by atoms with E-state index in [-0.39, 0.29) is 27.9 Å². The largest absolute Gasteiger partial charge is 0.481 e. The predicted molar refractivity (Wildman–Crippen MR) is 130 cm³/mol. The van der Waals surface area contributed by atoms with Crippen LogP contribution in [0.4, 0.5) is 23.4 Å². The van der Waals surface area contributed by atoms with Gasteiger partial charge in [0.1, 0.15) is 21.5 Å². The van der Waals surface area contributed by atoms with Crippen molar-refractivity contribution in [1.29, 1.82) is 0 Å². The van der Waals surface area contributed by atoms with E-state index in [0.717, 1.165) is 24.4 Å². The SMILES string of the molecule is COc1cc([C@@H](C)C(=O)N2CC[C@@]3(CCc4cc(-c5ncc(C(F)(F)F)s5)c(C)nc4N3)C2)c(F)cn1. The summed E-state index contributed by atoms with van der Waals surface area (Å²) in [6.07, 6.45) is -0.430. The van der Waals surface area contributed by atoms with Gasteiger partial charge in [0.15, 0.2) is 0 Å². The molecular weight excluding hydrogens is 510 g/mol. The normalized spacial score (nSPS) is 20.0. The van der Waals surface area contributed by atoms with E-state index in [2.05, 4.69) is 20.3 Å². The fourth-order valence-electron chi connectivity index (χ4n) is 5.03. The monoisotopic (exact) mass is 535 g/mol. The third-order valence-corrected chi connectivity index (χ3v) is 8.21. The number of carbonyl (C=O) groups excluding carboxylic acids is 1. The number of methoxy groups -OCH3 is 1. The van der Waals surface area contributed by atoms with Gasteiger partial charge in [0, 0.05) is 36.0 Å². The molecule has 3 aromatic heterocycles. The van der Waals surface area contributed by atoms with Crippen molar-refractivity contribution in [2.24, 2.45) is 0 Å². The smallest absolute Gasteiger partial charge is 0.427 e. The highest BCUT2D eigenvalue weighted by molar-refractivity contribution is 7.15. The van der Waals surface area contributed by atoms with Crippen molar-refractivity contribution in [3.05, 3.63) is 52.0 Å². The Bertz CT molecular complexity index is 1360. The van der Waals surface area contributed by atoms with Crippen molar-refractivity contribution in [3.63, 3.8) is 0 Å². The second kappa shape index (κ2) is 9.23. The van der Waals surface area contributed by atoms with E-state index in [0.29, 0.717) is 54.3 Å². The molecule has 1 N–H and O–H groups in total. The summed E-state index contributed by atoms with van der Waals surface area (Å²) in [4.78, 5) is 26.7. The van der Waals surface area contributed by atoms with Crippen molar-refractivity contribution in [2.75, 3.05) is 25.5 Å². The van der Waals surface area contributed by atoms with E-state index in [4.69, 9.17) is 4.74 Å². The first-order valence-corrected chi connectivity index (χ1v) is 12.6. The Morgan fingerprint density at radius 1 is 1.24 bits per heavy atom. The molecule has 1 fully saturated rings. The first kappa shape index (κ1) is 25.4. The lowest BCUT2D eigenvalue weighted by Gasteiger charge is -2.36. The minimum atomic E-state index is -4.43. The minimum absolute atomic E-state index is 0.180. The van der Waals surface area contributed by atoms with E-state index in [1.165, 1.54) is 13.2 Å². The number of fused-ring (bicyclic) bond motifs is 1. The highest BCUT2D eigenvalue weighted by atomic mass is 32.1. The number of thiazole rings is 1. The van der Waals surface area contributed by atoms with E-state index in [1.807, 2.05) is 6.07 Å². The molecular formula is C25H25F4N5O2S. The van der Waals surface area contributed by atoms with Crippen LogP contribution in [-0.2, 0) is 17.4 Å². The molecule has 0 aromatic carbocycles. The molecule has 0 saturated carbocycles. The average molecular weight is 536 g/mol. The molecule has 1 saturated heterocycles. The molecule has 5 rings (SSSR count). The van der Waals surface area contributed by atoms with Crippen LogP contribution >= 0.6 is 11.3 Å². The standard InChI is InChI=1S/C25H25F4N5O2S/c1-13(16-9-20(36-3)30-10-18(16)26)23(35)34-7-6-24(12-34)5-4-15-8-17(14(2)32-21(15)33-24)22-31-11-19(37-22)25(27,28)29/h8-11,13H,4-7,12H2,1-3H3,(H,32,33)/t13-,24+/m1/s1. The number of hydrogen-bond donors (Lipinski definition) is 1. The first-order valence-electron chi connectivity index (χ1n) is 11.8. The second-order valence-corrected chi connectivity index (χ2v) is 10.6. The van der Waals surface area contributed by atoms with Crippen LogP contribution in [0.5, 0.6) is 5.88 Å². The predicted octanol–water partition coefficient (Wildman–Crippen LogP) is 5.21. The van der Waals surface area contributed by atoms with Gasteiger partial charge in [0.2, 0.25) is 11.8 Å². The summed E-state index contributed by atoms with van der Waals surface area (Å²) >= 11 is 0.605. The van der Waals surface area contributed by atoms with Crippen LogP contribution in [0.25, 0.3) is 10.6 Å². The van der Waals surface area contributed by atoms with Gasteiger partial charge < -0.3 is 15.0 Å². The summed E-state index contributed by atoms with van der Waals surface area (Å²) in [5.74, 6) is -0.524. The van der Waals surface area contributed by atoms with E-state index < -0.39 is 22.8 Å². The molecule has 2 aliphatic heterocycles. The maximum absolute atomic E-state index is 14.4. The van der Waals surface area contributed by atoms with Gasteiger partial charge >= 0.3 is 6.18 Å². The van der Waals surface area contributed by atoms with Crippen molar-refractivity contribution >= 4 is 23.1 Å². The number of nitrogens with zero attached hydrogens (tertiary/aromatic N) is 4. The van der Waals surface area contributed by atoms with E-state index in [9.17, 15) is 22.4 Å². The number of nitrogens with one attached hydrogen (secondary N) is 1. The molecule has 196 valence electrons. The molecule has 0 aliphatic carbocycles. The highest BCUT2D eigenvalue weighted by Crippen LogP contribution is 2.41. The number of pyridine rings is 2. The Balaban J connectivity index is 1.33. The van der Waals surface area contributed by atoms with E-state index >= 15 is 0 Å². The number of halogens is 4. The topological polar surface area (TPSA) is 80.2 Å². The first-order chi connectivity index (χ1) is 17.5. The Morgan fingerprint density at radius 2 is 2.03 bits per heavy atom. The Hall–Kier alpha value is -3.28. The van der Waals surface area contributed by atoms with Gasteiger partial charge in [-0.05, 0) is 44.7 Å². The quantitative estimate of drug-likeness (QED) is 0.462. The number of aryl methyl sites for hydroxylation is 2. The zero-order valence-corrected chi connectivity index (χ0v) is 21.3. The average Bonchev–Trinajstić information content (AvgIpc) is 3.51. The van der Waals surface area contributed by atoms with Gasteiger partial charge in [-0.2, -0.15) is 13.2 Å². The Kier molecular flexibility index (Phi) is 6.33. The molecule has 7 nitrogen and oxygen atoms in total. The van der Waals surface area contributed by atoms with Crippen molar-refractivity contribution in [2.45, 2.75) is 50.7 Å². The number of alkyl halides is 3. The molecule has 0 bridgehead atoms. The van der Waals surface area contributed by atoms with Crippen LogP contribution in [0, 0.1) is 12.7 Å². The summed E-state index contributed by atoms with van der Waals surface area (Å²) in [7, 11) is 1.43. The number of carbonyl (C=O) groups is 1. The number of aromatic nitrogens is 3. The van der Waals surface area contributed by atoms with Crippen LogP contribution in [0.1, 0.15) is 47.4 Å². The molecule has 37 heavy (non-hydrogen) atoms. The van der Waals surface area contributed by atoms with Gasteiger partial charge in [-0.25, -0.2) is 19.3 Å². The van der Waals surface area contributed by atoms with Gasteiger partial charge in [0.25, 0.3) is 0 Å². The fraction of sp³-hybridized carbons (Fsp3) is 0.440. The molecule has 2 atom stereocenters. The van der Waals surface area contributed by atoms with Gasteiger partial charge in [-0.3, -0.25) is 4.79 Å². The van der Waals surface area contributed by atoms with Gasteiger partial charge in [0.05, 0.1) is 31.0 Å². The van der Waals surface area contributed by atoms with Crippen LogP contribution in [0.15, 0.2) is 24.5 Å². The number of likely N-dealkylation sites (tertiary alicyclic amines) is 1. The van der Waals surface area contributed by atoms with Crippen molar-refractivity contribution in [3.8, 4) is 16.5 Å². The molecule has 0 unspecified atom stereocenters. The summed E-state index contributed by atoms with van der Waals surface area (Å²) in [6.45, 7) is 4.38. The van der Waals surface area contributed by atoms with Crippen LogP contribution < -0.4 is 10.1 Å². The molecule has 0 radical (unpaired) electrons. The maximum atomic E-state index is 14.4. The summed E-state index contributed by atoms with van der Waals surface area (Å²) in [6, 6.07) is 3.30. The van der Waals surface area contributed by atoms with Crippen LogP contribution in [0.3, 0.4) is 0 Å². The lowest BCUT2D eigenvalue weighted by molar-refractivity contribution is -0.134. The zero-order chi connectivity index (χ0) is 26.5. The summed E-state index contributed by atoms with van der Waals surface area (Å²) < 4.78 is 58.6. The maximum Gasteiger partial charge on any atom is 0.427 e. The lowest BCUT2D eigenvalue weighted by Crippen LogP contribution is -2.46. The van der Waals surface area contributed by atoms with Crippen molar-refractivity contribution < 1.29 is 27.1 Å². The zero-order valence-electron chi connectivity index (χ0n) is 20.4. The van der Waals surface area contributed by atoms with Crippen molar-refractivity contribution in [1.82, 2.24) is 19.9 Å². The van der Waals surface area contributed by atoms with E-state index in [1.54, 1.807) is 18.7 Å². The highest BCUT2D eigenvalue weighted by Gasteiger charge is 2.43. The Morgan fingerprint density at radius 3 is 2.73 bits per heavy atom. The Labute approximate surface area is 214 Å². The summed E-state index contributed by atoms with van der Waals surface area (Å²) in [5.41, 5.74) is 1.93. The summed E-state index contributed by atoms with van der Waals surface area (Å²) in [5, 5.41) is 3.79. The number of amides is 1. The molecule has 1 spiro atoms. The number of ether oxygens (including phenoxy) is 1. The molecule has 2 aliphatic rings. The number of hydrogen-bond acceptors (Lipinski definition) is 7.